The molecule has 0 unspecified atom stereocenters. The molecule has 2 heteroatoms. The average Bonchev–Trinajstić information content (AvgIpc) is 2.05. The summed E-state index contributed by atoms with van der Waals surface area (Å²) in [6, 6.07) is 0. The maximum atomic E-state index is 5.41. The van der Waals surface area contributed by atoms with Crippen LogP contribution in [0, 0.1) is 5.92 Å². The van der Waals surface area contributed by atoms with E-state index in [9.17, 15) is 0 Å². The van der Waals surface area contributed by atoms with E-state index in [1.165, 1.54) is 13.1 Å². The van der Waals surface area contributed by atoms with Crippen molar-refractivity contribution < 1.29 is 4.74 Å². The van der Waals surface area contributed by atoms with Crippen molar-refractivity contribution in [2.24, 2.45) is 5.92 Å². The summed E-state index contributed by atoms with van der Waals surface area (Å²) in [5, 5.41) is 0. The van der Waals surface area contributed by atoms with Crippen molar-refractivity contribution in [3.63, 3.8) is 0 Å². The van der Waals surface area contributed by atoms with Crippen molar-refractivity contribution in [3.8, 4) is 0 Å². The fraction of sp³-hybridized carbons (Fsp3) is 1.00. The second-order valence-electron chi connectivity index (χ2n) is 3.16. The summed E-state index contributed by atoms with van der Waals surface area (Å²) in [7, 11) is 2.15. The van der Waals surface area contributed by atoms with E-state index in [-0.39, 0.29) is 0 Å². The van der Waals surface area contributed by atoms with Crippen LogP contribution in [0.25, 0.3) is 0 Å². The third-order valence-corrected chi connectivity index (χ3v) is 1.84. The van der Waals surface area contributed by atoms with Gasteiger partial charge in [-0.25, -0.2) is 0 Å². The largest absolute Gasteiger partial charge is 0.381 e. The van der Waals surface area contributed by atoms with Gasteiger partial charge in [0.1, 0.15) is 0 Å². The standard InChI is InChI=1S/C8H17NO.C2H6/c1-3-4-10-7-8-5-9(2)6-8;1-2/h8H,3-7H2,1-2H3;1-2H3. The van der Waals surface area contributed by atoms with Crippen molar-refractivity contribution in [3.05, 3.63) is 0 Å². The first-order valence-electron chi connectivity index (χ1n) is 5.09. The molecule has 0 saturated carbocycles. The SMILES string of the molecule is CC.CCCOCC1CN(C)C1. The minimum absolute atomic E-state index is 0.816. The first-order valence-corrected chi connectivity index (χ1v) is 5.09. The minimum Gasteiger partial charge on any atom is -0.381 e. The molecular formula is C10H23NO. The Morgan fingerprint density at radius 1 is 1.33 bits per heavy atom. The molecule has 0 bridgehead atoms. The molecule has 2 nitrogen and oxygen atoms in total. The van der Waals surface area contributed by atoms with Gasteiger partial charge in [0.05, 0.1) is 6.61 Å². The zero-order valence-corrected chi connectivity index (χ0v) is 8.97. The van der Waals surface area contributed by atoms with Crippen LogP contribution in [0.15, 0.2) is 0 Å². The summed E-state index contributed by atoms with van der Waals surface area (Å²) in [5.74, 6) is 0.816. The van der Waals surface area contributed by atoms with Crippen LogP contribution in [0.1, 0.15) is 27.2 Å². The van der Waals surface area contributed by atoms with E-state index in [4.69, 9.17) is 4.74 Å². The molecule has 1 saturated heterocycles. The van der Waals surface area contributed by atoms with Crippen molar-refractivity contribution in [1.82, 2.24) is 4.90 Å². The zero-order valence-electron chi connectivity index (χ0n) is 8.97. The van der Waals surface area contributed by atoms with Gasteiger partial charge in [-0.3, -0.25) is 0 Å². The second-order valence-corrected chi connectivity index (χ2v) is 3.16. The van der Waals surface area contributed by atoms with Gasteiger partial charge in [0.25, 0.3) is 0 Å². The number of hydrogen-bond acceptors (Lipinski definition) is 2. The Labute approximate surface area is 76.9 Å². The van der Waals surface area contributed by atoms with Gasteiger partial charge in [0.2, 0.25) is 0 Å². The molecule has 1 aliphatic heterocycles. The van der Waals surface area contributed by atoms with E-state index in [1.807, 2.05) is 13.8 Å². The topological polar surface area (TPSA) is 12.5 Å². The molecule has 1 aliphatic rings. The van der Waals surface area contributed by atoms with E-state index in [0.717, 1.165) is 25.6 Å². The third-order valence-electron chi connectivity index (χ3n) is 1.84. The average molecular weight is 173 g/mol. The van der Waals surface area contributed by atoms with E-state index in [2.05, 4.69) is 18.9 Å². The van der Waals surface area contributed by atoms with E-state index < -0.39 is 0 Å². The molecule has 1 rings (SSSR count). The fourth-order valence-electron chi connectivity index (χ4n) is 1.33. The summed E-state index contributed by atoms with van der Waals surface area (Å²) in [4.78, 5) is 2.32. The number of likely N-dealkylation sites (tertiary alicyclic amines) is 1. The van der Waals surface area contributed by atoms with Crippen LogP contribution >= 0.6 is 0 Å². The third kappa shape index (κ3) is 4.73. The lowest BCUT2D eigenvalue weighted by Crippen LogP contribution is -2.45. The maximum Gasteiger partial charge on any atom is 0.0518 e. The minimum atomic E-state index is 0.816. The second kappa shape index (κ2) is 7.56. The van der Waals surface area contributed by atoms with Gasteiger partial charge in [-0.15, -0.1) is 0 Å². The lowest BCUT2D eigenvalue weighted by molar-refractivity contribution is 0.0281. The number of hydrogen-bond donors (Lipinski definition) is 0. The van der Waals surface area contributed by atoms with Gasteiger partial charge in [0.15, 0.2) is 0 Å². The molecule has 0 aromatic heterocycles. The highest BCUT2D eigenvalue weighted by Gasteiger charge is 2.22. The normalized spacial score (nSPS) is 18.0. The summed E-state index contributed by atoms with van der Waals surface area (Å²) in [5.41, 5.74) is 0. The van der Waals surface area contributed by atoms with Crippen molar-refractivity contribution in [2.75, 3.05) is 33.4 Å². The first kappa shape index (κ1) is 11.9. The predicted octanol–water partition coefficient (Wildman–Crippen LogP) is 2.00. The van der Waals surface area contributed by atoms with Gasteiger partial charge in [-0.2, -0.15) is 0 Å². The fourth-order valence-corrected chi connectivity index (χ4v) is 1.33. The highest BCUT2D eigenvalue weighted by Crippen LogP contribution is 2.12. The molecule has 1 heterocycles. The van der Waals surface area contributed by atoms with Gasteiger partial charge in [-0.05, 0) is 13.5 Å². The molecule has 0 N–H and O–H groups in total. The summed E-state index contributed by atoms with van der Waals surface area (Å²) in [6.45, 7) is 10.5. The maximum absolute atomic E-state index is 5.41. The van der Waals surface area contributed by atoms with Crippen LogP contribution in [0.3, 0.4) is 0 Å². The molecule has 74 valence electrons. The van der Waals surface area contributed by atoms with Crippen LogP contribution < -0.4 is 0 Å². The van der Waals surface area contributed by atoms with E-state index in [1.54, 1.807) is 0 Å². The predicted molar refractivity (Wildman–Crippen MR) is 53.4 cm³/mol. The Morgan fingerprint density at radius 2 is 1.92 bits per heavy atom. The van der Waals surface area contributed by atoms with E-state index >= 15 is 0 Å². The Balaban J connectivity index is 0.000000561. The Bertz CT molecular complexity index is 89.8. The number of ether oxygens (including phenoxy) is 1. The highest BCUT2D eigenvalue weighted by molar-refractivity contribution is 4.75. The van der Waals surface area contributed by atoms with Crippen LogP contribution in [0.4, 0.5) is 0 Å². The van der Waals surface area contributed by atoms with Crippen LogP contribution in [-0.4, -0.2) is 38.3 Å². The Hall–Kier alpha value is -0.0800. The summed E-state index contributed by atoms with van der Waals surface area (Å²) >= 11 is 0. The van der Waals surface area contributed by atoms with Crippen molar-refractivity contribution in [2.45, 2.75) is 27.2 Å². The van der Waals surface area contributed by atoms with Gasteiger partial charge >= 0.3 is 0 Å². The Morgan fingerprint density at radius 3 is 2.33 bits per heavy atom. The molecular weight excluding hydrogens is 150 g/mol. The van der Waals surface area contributed by atoms with Gasteiger partial charge in [-0.1, -0.05) is 20.8 Å². The molecule has 0 aromatic rings. The lowest BCUT2D eigenvalue weighted by atomic mass is 10.0. The summed E-state index contributed by atoms with van der Waals surface area (Å²) in [6.07, 6.45) is 1.14. The first-order chi connectivity index (χ1) is 5.83. The van der Waals surface area contributed by atoms with Crippen molar-refractivity contribution >= 4 is 0 Å². The van der Waals surface area contributed by atoms with E-state index in [0.29, 0.717) is 0 Å². The molecule has 0 amide bonds. The molecule has 0 aromatic carbocycles. The quantitative estimate of drug-likeness (QED) is 0.603. The van der Waals surface area contributed by atoms with Crippen LogP contribution in [0.2, 0.25) is 0 Å². The molecule has 0 atom stereocenters. The Kier molecular flexibility index (Phi) is 7.51. The van der Waals surface area contributed by atoms with Gasteiger partial charge < -0.3 is 9.64 Å². The molecule has 1 fully saturated rings. The summed E-state index contributed by atoms with van der Waals surface area (Å²) < 4.78 is 5.41. The van der Waals surface area contributed by atoms with Crippen LogP contribution in [-0.2, 0) is 4.74 Å². The highest BCUT2D eigenvalue weighted by atomic mass is 16.5. The van der Waals surface area contributed by atoms with Gasteiger partial charge in [0, 0.05) is 25.6 Å². The zero-order chi connectivity index (χ0) is 9.40. The molecule has 0 radical (unpaired) electrons. The smallest absolute Gasteiger partial charge is 0.0518 e. The van der Waals surface area contributed by atoms with Crippen LogP contribution in [0.5, 0.6) is 0 Å². The lowest BCUT2D eigenvalue weighted by Gasteiger charge is -2.35. The molecule has 0 spiro atoms. The molecule has 12 heavy (non-hydrogen) atoms. The number of nitrogens with zero attached hydrogens (tertiary/aromatic N) is 1. The molecule has 0 aliphatic carbocycles. The monoisotopic (exact) mass is 173 g/mol. The number of rotatable bonds is 4. The van der Waals surface area contributed by atoms with Crippen molar-refractivity contribution in [1.29, 1.82) is 0 Å².